The summed E-state index contributed by atoms with van der Waals surface area (Å²) in [4.78, 5) is 11.1. The molecule has 1 aromatic heterocycles. The summed E-state index contributed by atoms with van der Waals surface area (Å²) in [5, 5.41) is 9.14. The molecule has 0 fully saturated rings. The van der Waals surface area contributed by atoms with Crippen LogP contribution in [0.3, 0.4) is 0 Å². The number of fused-ring (bicyclic) bond motifs is 1. The van der Waals surface area contributed by atoms with Crippen molar-refractivity contribution in [2.24, 2.45) is 5.73 Å². The number of halogens is 1. The van der Waals surface area contributed by atoms with Crippen molar-refractivity contribution in [2.45, 2.75) is 6.04 Å². The largest absolute Gasteiger partial charge is 0.480 e. The Bertz CT molecular complexity index is 523. The first-order valence-corrected chi connectivity index (χ1v) is 5.07. The summed E-state index contributed by atoms with van der Waals surface area (Å²) in [6.07, 6.45) is 0. The highest BCUT2D eigenvalue weighted by molar-refractivity contribution is 7.19. The van der Waals surface area contributed by atoms with Gasteiger partial charge in [0.05, 0.1) is 0 Å². The lowest BCUT2D eigenvalue weighted by Gasteiger charge is -2.00. The van der Waals surface area contributed by atoms with Gasteiger partial charge in [-0.05, 0) is 18.2 Å². The molecule has 0 bridgehead atoms. The highest BCUT2D eigenvalue weighted by atomic mass is 32.1. The number of hydrogen-bond acceptors (Lipinski definition) is 3. The van der Waals surface area contributed by atoms with E-state index in [1.54, 1.807) is 12.1 Å². The number of carbonyl (C=O) groups is 1. The standard InChI is InChI=1S/C10H8FNO2S/c11-6-2-1-3-7-5(6)4-8(15-7)9(12)10(13)14/h1-4,9H,12H2,(H,13,14). The van der Waals surface area contributed by atoms with E-state index in [1.165, 1.54) is 23.5 Å². The molecule has 2 rings (SSSR count). The van der Waals surface area contributed by atoms with Crippen LogP contribution >= 0.6 is 11.3 Å². The van der Waals surface area contributed by atoms with Crippen LogP contribution in [-0.4, -0.2) is 11.1 Å². The maximum atomic E-state index is 13.3. The van der Waals surface area contributed by atoms with Crippen molar-refractivity contribution in [2.75, 3.05) is 0 Å². The molecule has 1 atom stereocenters. The number of carboxylic acids is 1. The molecule has 2 aromatic rings. The maximum Gasteiger partial charge on any atom is 0.325 e. The smallest absolute Gasteiger partial charge is 0.325 e. The molecule has 0 aliphatic heterocycles. The summed E-state index contributed by atoms with van der Waals surface area (Å²) in [7, 11) is 0. The molecule has 1 heterocycles. The Morgan fingerprint density at radius 1 is 1.53 bits per heavy atom. The third-order valence-corrected chi connectivity index (χ3v) is 3.28. The van der Waals surface area contributed by atoms with Crippen molar-refractivity contribution >= 4 is 27.4 Å². The van der Waals surface area contributed by atoms with Crippen molar-refractivity contribution in [3.63, 3.8) is 0 Å². The van der Waals surface area contributed by atoms with Crippen molar-refractivity contribution in [1.29, 1.82) is 0 Å². The SMILES string of the molecule is NC(C(=O)O)c1cc2c(F)cccc2s1. The van der Waals surface area contributed by atoms with E-state index in [4.69, 9.17) is 10.8 Å². The Kier molecular flexibility index (Phi) is 2.42. The molecule has 0 saturated carbocycles. The highest BCUT2D eigenvalue weighted by Gasteiger charge is 2.17. The second-order valence-electron chi connectivity index (χ2n) is 3.12. The third kappa shape index (κ3) is 1.71. The molecule has 15 heavy (non-hydrogen) atoms. The van der Waals surface area contributed by atoms with Crippen LogP contribution in [0.15, 0.2) is 24.3 Å². The topological polar surface area (TPSA) is 63.3 Å². The van der Waals surface area contributed by atoms with Crippen molar-refractivity contribution in [3.05, 3.63) is 35.0 Å². The summed E-state index contributed by atoms with van der Waals surface area (Å²) < 4.78 is 14.0. The van der Waals surface area contributed by atoms with E-state index in [-0.39, 0.29) is 5.82 Å². The normalized spacial score (nSPS) is 12.9. The Morgan fingerprint density at radius 2 is 2.27 bits per heavy atom. The van der Waals surface area contributed by atoms with E-state index in [0.717, 1.165) is 0 Å². The Labute approximate surface area is 88.9 Å². The molecule has 3 nitrogen and oxygen atoms in total. The Balaban J connectivity index is 2.56. The monoisotopic (exact) mass is 225 g/mol. The van der Waals surface area contributed by atoms with Gasteiger partial charge in [0.25, 0.3) is 0 Å². The number of benzene rings is 1. The van der Waals surface area contributed by atoms with Crippen molar-refractivity contribution in [1.82, 2.24) is 0 Å². The first-order chi connectivity index (χ1) is 7.09. The number of nitrogens with two attached hydrogens (primary N) is 1. The van der Waals surface area contributed by atoms with E-state index in [9.17, 15) is 9.18 Å². The zero-order valence-corrected chi connectivity index (χ0v) is 8.42. The minimum absolute atomic E-state index is 0.354. The minimum atomic E-state index is -1.11. The van der Waals surface area contributed by atoms with Crippen LogP contribution in [0.2, 0.25) is 0 Å². The van der Waals surface area contributed by atoms with Gasteiger partial charge in [-0.3, -0.25) is 4.79 Å². The van der Waals surface area contributed by atoms with E-state index in [1.807, 2.05) is 0 Å². The zero-order chi connectivity index (χ0) is 11.0. The molecule has 0 radical (unpaired) electrons. The van der Waals surface area contributed by atoms with Gasteiger partial charge in [-0.25, -0.2) is 4.39 Å². The second-order valence-corrected chi connectivity index (χ2v) is 4.23. The molecular weight excluding hydrogens is 217 g/mol. The predicted octanol–water partition coefficient (Wildman–Crippen LogP) is 2.12. The lowest BCUT2D eigenvalue weighted by atomic mass is 10.2. The van der Waals surface area contributed by atoms with Gasteiger partial charge < -0.3 is 10.8 Å². The minimum Gasteiger partial charge on any atom is -0.480 e. The highest BCUT2D eigenvalue weighted by Crippen LogP contribution is 2.30. The number of aliphatic carboxylic acids is 1. The van der Waals surface area contributed by atoms with E-state index >= 15 is 0 Å². The fourth-order valence-electron chi connectivity index (χ4n) is 1.32. The molecule has 0 aliphatic carbocycles. The first-order valence-electron chi connectivity index (χ1n) is 4.26. The molecule has 0 saturated heterocycles. The van der Waals surface area contributed by atoms with Gasteiger partial charge in [0.2, 0.25) is 0 Å². The average molecular weight is 225 g/mol. The molecule has 0 aliphatic rings. The molecular formula is C10H8FNO2S. The van der Waals surface area contributed by atoms with Gasteiger partial charge in [-0.15, -0.1) is 11.3 Å². The summed E-state index contributed by atoms with van der Waals surface area (Å²) in [5.41, 5.74) is 5.44. The molecule has 78 valence electrons. The van der Waals surface area contributed by atoms with Gasteiger partial charge in [0, 0.05) is 15.0 Å². The summed E-state index contributed by atoms with van der Waals surface area (Å²) >= 11 is 1.20. The van der Waals surface area contributed by atoms with E-state index in [2.05, 4.69) is 0 Å². The Hall–Kier alpha value is -1.46. The van der Waals surface area contributed by atoms with Crippen LogP contribution in [0.25, 0.3) is 10.1 Å². The quantitative estimate of drug-likeness (QED) is 0.822. The number of carboxylic acid groups (broad SMARTS) is 1. The van der Waals surface area contributed by atoms with Crippen LogP contribution in [0, 0.1) is 5.82 Å². The van der Waals surface area contributed by atoms with Crippen LogP contribution in [0.1, 0.15) is 10.9 Å². The fraction of sp³-hybridized carbons (Fsp3) is 0.100. The average Bonchev–Trinajstić information content (AvgIpc) is 2.61. The number of thiophene rings is 1. The predicted molar refractivity (Wildman–Crippen MR) is 56.3 cm³/mol. The van der Waals surface area contributed by atoms with Crippen LogP contribution in [0.4, 0.5) is 4.39 Å². The van der Waals surface area contributed by atoms with Crippen LogP contribution in [0.5, 0.6) is 0 Å². The first kappa shape index (κ1) is 10.1. The van der Waals surface area contributed by atoms with Crippen molar-refractivity contribution in [3.8, 4) is 0 Å². The van der Waals surface area contributed by atoms with Gasteiger partial charge in [-0.2, -0.15) is 0 Å². The summed E-state index contributed by atoms with van der Waals surface area (Å²) in [6, 6.07) is 5.08. The van der Waals surface area contributed by atoms with E-state index in [0.29, 0.717) is 15.0 Å². The molecule has 3 N–H and O–H groups in total. The molecule has 1 unspecified atom stereocenters. The Morgan fingerprint density at radius 3 is 2.87 bits per heavy atom. The van der Waals surface area contributed by atoms with Gasteiger partial charge >= 0.3 is 5.97 Å². The lowest BCUT2D eigenvalue weighted by Crippen LogP contribution is -2.19. The van der Waals surface area contributed by atoms with Gasteiger partial charge in [0.15, 0.2) is 0 Å². The van der Waals surface area contributed by atoms with Crippen LogP contribution < -0.4 is 5.73 Å². The molecule has 0 amide bonds. The number of rotatable bonds is 2. The number of hydrogen-bond donors (Lipinski definition) is 2. The second kappa shape index (κ2) is 3.60. The fourth-order valence-corrected chi connectivity index (χ4v) is 2.39. The van der Waals surface area contributed by atoms with Gasteiger partial charge in [0.1, 0.15) is 11.9 Å². The third-order valence-electron chi connectivity index (χ3n) is 2.10. The van der Waals surface area contributed by atoms with E-state index < -0.39 is 12.0 Å². The summed E-state index contributed by atoms with van der Waals surface area (Å²) in [5.74, 6) is -1.46. The molecule has 0 spiro atoms. The lowest BCUT2D eigenvalue weighted by molar-refractivity contribution is -0.138. The maximum absolute atomic E-state index is 13.3. The van der Waals surface area contributed by atoms with Gasteiger partial charge in [-0.1, -0.05) is 6.07 Å². The van der Waals surface area contributed by atoms with Crippen LogP contribution in [-0.2, 0) is 4.79 Å². The van der Waals surface area contributed by atoms with Crippen molar-refractivity contribution < 1.29 is 14.3 Å². The molecule has 5 heteroatoms. The summed E-state index contributed by atoms with van der Waals surface area (Å²) in [6.45, 7) is 0. The zero-order valence-electron chi connectivity index (χ0n) is 7.61. The molecule has 1 aromatic carbocycles.